The molecule has 0 aromatic heterocycles. The summed E-state index contributed by atoms with van der Waals surface area (Å²) in [5.41, 5.74) is 4.03. The summed E-state index contributed by atoms with van der Waals surface area (Å²) < 4.78 is 0. The van der Waals surface area contributed by atoms with Crippen LogP contribution in [-0.4, -0.2) is 23.4 Å². The highest BCUT2D eigenvalue weighted by atomic mass is 32.2. The molecule has 2 unspecified atom stereocenters. The number of nitrogens with one attached hydrogen (secondary N) is 1. The molecule has 0 amide bonds. The van der Waals surface area contributed by atoms with Gasteiger partial charge in [-0.3, -0.25) is 0 Å². The van der Waals surface area contributed by atoms with Crippen molar-refractivity contribution < 1.29 is 5.11 Å². The predicted molar refractivity (Wildman–Crippen MR) is 76.2 cm³/mol. The van der Waals surface area contributed by atoms with Crippen LogP contribution in [0, 0.1) is 0 Å². The van der Waals surface area contributed by atoms with Crippen LogP contribution in [0.5, 0.6) is 0 Å². The van der Waals surface area contributed by atoms with Crippen molar-refractivity contribution in [2.75, 3.05) is 12.3 Å². The number of aryl methyl sites for hydroxylation is 2. The number of aliphatic hydroxyl groups excluding tert-OH is 1. The minimum atomic E-state index is -0.327. The highest BCUT2D eigenvalue weighted by Crippen LogP contribution is 2.38. The molecule has 0 bridgehead atoms. The zero-order valence-corrected chi connectivity index (χ0v) is 11.7. The van der Waals surface area contributed by atoms with Gasteiger partial charge >= 0.3 is 0 Å². The van der Waals surface area contributed by atoms with Crippen molar-refractivity contribution in [3.05, 3.63) is 28.8 Å². The van der Waals surface area contributed by atoms with Gasteiger partial charge < -0.3 is 10.4 Å². The van der Waals surface area contributed by atoms with Gasteiger partial charge in [0, 0.05) is 16.7 Å². The smallest absolute Gasteiger partial charge is 0.0946 e. The van der Waals surface area contributed by atoms with Gasteiger partial charge in [0.2, 0.25) is 0 Å². The van der Waals surface area contributed by atoms with E-state index in [1.54, 1.807) is 0 Å². The minimum Gasteiger partial charge on any atom is -0.387 e. The van der Waals surface area contributed by atoms with E-state index >= 15 is 0 Å². The molecule has 3 rings (SSSR count). The normalized spacial score (nSPS) is 25.9. The predicted octanol–water partition coefficient (Wildman–Crippen LogP) is 2.68. The van der Waals surface area contributed by atoms with Crippen molar-refractivity contribution in [1.82, 2.24) is 5.32 Å². The standard InChI is InChI=1S/C15H21NOS/c1-2-6-16-13-4-3-10-8-11-5-7-18-14(11)9-12(10)15(13)17/h8-9,13,15-17H,2-7H2,1H3. The first-order valence-electron chi connectivity index (χ1n) is 6.99. The van der Waals surface area contributed by atoms with Crippen LogP contribution in [0.4, 0.5) is 0 Å². The van der Waals surface area contributed by atoms with Crippen LogP contribution in [-0.2, 0) is 12.8 Å². The van der Waals surface area contributed by atoms with Gasteiger partial charge in [-0.25, -0.2) is 0 Å². The molecule has 0 saturated carbocycles. The highest BCUT2D eigenvalue weighted by molar-refractivity contribution is 7.99. The minimum absolute atomic E-state index is 0.238. The Morgan fingerprint density at radius 3 is 3.06 bits per heavy atom. The van der Waals surface area contributed by atoms with E-state index in [2.05, 4.69) is 24.4 Å². The lowest BCUT2D eigenvalue weighted by molar-refractivity contribution is 0.115. The zero-order valence-electron chi connectivity index (χ0n) is 10.9. The Bertz CT molecular complexity index is 446. The summed E-state index contributed by atoms with van der Waals surface area (Å²) >= 11 is 1.93. The summed E-state index contributed by atoms with van der Waals surface area (Å²) in [6.45, 7) is 3.16. The second kappa shape index (κ2) is 5.24. The van der Waals surface area contributed by atoms with E-state index in [1.807, 2.05) is 11.8 Å². The average molecular weight is 263 g/mol. The summed E-state index contributed by atoms with van der Waals surface area (Å²) in [4.78, 5) is 1.39. The van der Waals surface area contributed by atoms with Crippen molar-refractivity contribution in [1.29, 1.82) is 0 Å². The van der Waals surface area contributed by atoms with Crippen molar-refractivity contribution in [3.8, 4) is 0 Å². The molecule has 1 aliphatic carbocycles. The van der Waals surface area contributed by atoms with Crippen LogP contribution >= 0.6 is 11.8 Å². The maximum absolute atomic E-state index is 10.5. The van der Waals surface area contributed by atoms with Gasteiger partial charge in [0.05, 0.1) is 6.10 Å². The Morgan fingerprint density at radius 2 is 2.22 bits per heavy atom. The topological polar surface area (TPSA) is 32.3 Å². The molecule has 2 aliphatic rings. The van der Waals surface area contributed by atoms with Crippen molar-refractivity contribution in [2.45, 2.75) is 49.6 Å². The molecule has 0 saturated heterocycles. The molecule has 1 aromatic carbocycles. The lowest BCUT2D eigenvalue weighted by Crippen LogP contribution is -2.38. The Balaban J connectivity index is 1.86. The molecule has 2 atom stereocenters. The van der Waals surface area contributed by atoms with Crippen molar-refractivity contribution in [2.24, 2.45) is 0 Å². The third-order valence-electron chi connectivity index (χ3n) is 4.03. The fourth-order valence-corrected chi connectivity index (χ4v) is 4.11. The third kappa shape index (κ3) is 2.20. The maximum Gasteiger partial charge on any atom is 0.0946 e. The Kier molecular flexibility index (Phi) is 3.64. The maximum atomic E-state index is 10.5. The van der Waals surface area contributed by atoms with Crippen LogP contribution in [0.3, 0.4) is 0 Å². The van der Waals surface area contributed by atoms with Gasteiger partial charge in [-0.2, -0.15) is 0 Å². The largest absolute Gasteiger partial charge is 0.387 e. The number of rotatable bonds is 3. The van der Waals surface area contributed by atoms with Crippen LogP contribution in [0.1, 0.15) is 42.6 Å². The summed E-state index contributed by atoms with van der Waals surface area (Å²) in [5, 5.41) is 14.0. The molecule has 3 heteroatoms. The van der Waals surface area contributed by atoms with Gasteiger partial charge in [-0.05, 0) is 55.0 Å². The van der Waals surface area contributed by atoms with Crippen LogP contribution in [0.25, 0.3) is 0 Å². The first-order chi connectivity index (χ1) is 8.79. The summed E-state index contributed by atoms with van der Waals surface area (Å²) in [5.74, 6) is 1.20. The molecular formula is C15H21NOS. The fraction of sp³-hybridized carbons (Fsp3) is 0.600. The Morgan fingerprint density at radius 1 is 1.33 bits per heavy atom. The number of hydrogen-bond donors (Lipinski definition) is 2. The summed E-state index contributed by atoms with van der Waals surface area (Å²) in [7, 11) is 0. The van der Waals surface area contributed by atoms with Gasteiger partial charge in [-0.15, -0.1) is 11.8 Å². The number of benzene rings is 1. The van der Waals surface area contributed by atoms with E-state index < -0.39 is 0 Å². The Labute approximate surface area is 113 Å². The van der Waals surface area contributed by atoms with E-state index in [0.29, 0.717) is 0 Å². The fourth-order valence-electron chi connectivity index (χ4n) is 3.01. The zero-order chi connectivity index (χ0) is 12.5. The average Bonchev–Trinajstić information content (AvgIpc) is 2.83. The molecule has 2 nitrogen and oxygen atoms in total. The first kappa shape index (κ1) is 12.5. The molecule has 18 heavy (non-hydrogen) atoms. The van der Waals surface area contributed by atoms with Crippen LogP contribution in [0.2, 0.25) is 0 Å². The van der Waals surface area contributed by atoms with Crippen LogP contribution < -0.4 is 5.32 Å². The lowest BCUT2D eigenvalue weighted by atomic mass is 9.84. The second-order valence-electron chi connectivity index (χ2n) is 5.30. The lowest BCUT2D eigenvalue weighted by Gasteiger charge is -2.31. The van der Waals surface area contributed by atoms with E-state index in [9.17, 15) is 5.11 Å². The molecular weight excluding hydrogens is 242 g/mol. The number of hydrogen-bond acceptors (Lipinski definition) is 3. The quantitative estimate of drug-likeness (QED) is 0.879. The van der Waals surface area contributed by atoms with Crippen LogP contribution in [0.15, 0.2) is 17.0 Å². The summed E-state index contributed by atoms with van der Waals surface area (Å²) in [6, 6.07) is 4.82. The highest BCUT2D eigenvalue weighted by Gasteiger charge is 2.29. The molecule has 2 N–H and O–H groups in total. The molecule has 1 aliphatic heterocycles. The van der Waals surface area contributed by atoms with Gasteiger partial charge in [0.15, 0.2) is 0 Å². The van der Waals surface area contributed by atoms with E-state index in [0.717, 1.165) is 25.8 Å². The SMILES string of the molecule is CCCNC1CCc2cc3c(cc2C1O)SCC3. The second-order valence-corrected chi connectivity index (χ2v) is 6.44. The first-order valence-corrected chi connectivity index (χ1v) is 7.98. The number of thioether (sulfide) groups is 1. The van der Waals surface area contributed by atoms with Gasteiger partial charge in [0.25, 0.3) is 0 Å². The van der Waals surface area contributed by atoms with Gasteiger partial charge in [-0.1, -0.05) is 13.0 Å². The number of fused-ring (bicyclic) bond motifs is 2. The molecule has 1 aromatic rings. The van der Waals surface area contributed by atoms with E-state index in [4.69, 9.17) is 0 Å². The van der Waals surface area contributed by atoms with Crippen molar-refractivity contribution >= 4 is 11.8 Å². The summed E-state index contributed by atoms with van der Waals surface area (Å²) in [6.07, 6.45) is 4.15. The molecule has 0 spiro atoms. The third-order valence-corrected chi connectivity index (χ3v) is 5.13. The molecule has 1 heterocycles. The van der Waals surface area contributed by atoms with E-state index in [-0.39, 0.29) is 12.1 Å². The van der Waals surface area contributed by atoms with Gasteiger partial charge in [0.1, 0.15) is 0 Å². The number of aliphatic hydroxyl groups is 1. The molecule has 0 fully saturated rings. The molecule has 0 radical (unpaired) electrons. The monoisotopic (exact) mass is 263 g/mol. The van der Waals surface area contributed by atoms with Crippen molar-refractivity contribution in [3.63, 3.8) is 0 Å². The Hall–Kier alpha value is -0.510. The molecule has 98 valence electrons. The van der Waals surface area contributed by atoms with E-state index in [1.165, 1.54) is 33.8 Å².